The number of carbonyl (C=O) groups is 2. The van der Waals surface area contributed by atoms with Gasteiger partial charge in [-0.2, -0.15) is 5.10 Å². The van der Waals surface area contributed by atoms with Crippen molar-refractivity contribution >= 4 is 17.6 Å². The van der Waals surface area contributed by atoms with Crippen molar-refractivity contribution in [2.75, 3.05) is 6.61 Å². The van der Waals surface area contributed by atoms with Gasteiger partial charge in [0.1, 0.15) is 5.75 Å². The molecule has 0 radical (unpaired) electrons. The summed E-state index contributed by atoms with van der Waals surface area (Å²) in [5.74, 6) is 0.202. The molecule has 0 aliphatic carbocycles. The highest BCUT2D eigenvalue weighted by Gasteiger charge is 2.37. The molecule has 0 saturated carbocycles. The normalized spacial score (nSPS) is 16.0. The largest absolute Gasteiger partial charge is 0.476 e. The van der Waals surface area contributed by atoms with E-state index in [1.807, 2.05) is 38.1 Å². The Morgan fingerprint density at radius 2 is 1.85 bits per heavy atom. The Morgan fingerprint density at radius 3 is 2.38 bits per heavy atom. The average Bonchev–Trinajstić information content (AvgIpc) is 2.83. The third-order valence-electron chi connectivity index (χ3n) is 4.52. The van der Waals surface area contributed by atoms with E-state index in [9.17, 15) is 9.59 Å². The molecular weight excluding hydrogens is 332 g/mol. The Bertz CT molecular complexity index is 690. The molecule has 1 heterocycles. The van der Waals surface area contributed by atoms with Crippen LogP contribution in [0, 0.1) is 5.41 Å². The van der Waals surface area contributed by atoms with Gasteiger partial charge in [-0.05, 0) is 71.6 Å². The van der Waals surface area contributed by atoms with Crippen LogP contribution in [0.4, 0.5) is 0 Å². The lowest BCUT2D eigenvalue weighted by Crippen LogP contribution is -2.39. The molecule has 6 nitrogen and oxygen atoms in total. The molecule has 0 saturated heterocycles. The molecule has 26 heavy (non-hydrogen) atoms. The van der Waals surface area contributed by atoms with Crippen molar-refractivity contribution in [1.82, 2.24) is 5.43 Å². The monoisotopic (exact) mass is 360 g/mol. The van der Waals surface area contributed by atoms with Crippen molar-refractivity contribution in [1.29, 1.82) is 0 Å². The second-order valence-electron chi connectivity index (χ2n) is 7.45. The average molecular weight is 360 g/mol. The molecule has 0 spiro atoms. The number of carbonyl (C=O) groups excluding carboxylic acids is 2. The van der Waals surface area contributed by atoms with Gasteiger partial charge in [0.05, 0.1) is 17.7 Å². The van der Waals surface area contributed by atoms with E-state index in [-0.39, 0.29) is 11.9 Å². The molecule has 1 aromatic rings. The fourth-order valence-electron chi connectivity index (χ4n) is 2.72. The Hall–Kier alpha value is -2.37. The summed E-state index contributed by atoms with van der Waals surface area (Å²) in [5.41, 5.74) is 3.08. The minimum Gasteiger partial charge on any atom is -0.476 e. The van der Waals surface area contributed by atoms with Gasteiger partial charge in [-0.3, -0.25) is 4.79 Å². The first kappa shape index (κ1) is 19.9. The predicted octanol–water partition coefficient (Wildman–Crippen LogP) is 3.24. The van der Waals surface area contributed by atoms with Crippen LogP contribution in [-0.4, -0.2) is 29.8 Å². The molecule has 1 aliphatic heterocycles. The second kappa shape index (κ2) is 7.89. The van der Waals surface area contributed by atoms with Gasteiger partial charge in [0.2, 0.25) is 0 Å². The quantitative estimate of drug-likeness (QED) is 0.722. The van der Waals surface area contributed by atoms with Crippen molar-refractivity contribution in [3.8, 4) is 5.75 Å². The molecule has 1 amide bonds. The van der Waals surface area contributed by atoms with Crippen molar-refractivity contribution in [3.63, 3.8) is 0 Å². The molecule has 6 heteroatoms. The number of nitrogens with one attached hydrogen (secondary N) is 1. The molecule has 1 aromatic carbocycles. The van der Waals surface area contributed by atoms with E-state index >= 15 is 0 Å². The van der Waals surface area contributed by atoms with Crippen molar-refractivity contribution in [2.24, 2.45) is 10.5 Å². The summed E-state index contributed by atoms with van der Waals surface area (Å²) in [6.45, 7) is 9.27. The molecule has 2 rings (SSSR count). The smallest absolute Gasteiger partial charge is 0.349 e. The Kier molecular flexibility index (Phi) is 6.05. The lowest BCUT2D eigenvalue weighted by atomic mass is 9.85. The number of ether oxygens (including phenoxy) is 2. The highest BCUT2D eigenvalue weighted by molar-refractivity contribution is 6.11. The Balaban J connectivity index is 1.86. The summed E-state index contributed by atoms with van der Waals surface area (Å²) in [7, 11) is 0. The molecule has 0 atom stereocenters. The first-order valence-corrected chi connectivity index (χ1v) is 8.99. The number of benzene rings is 1. The first-order valence-electron chi connectivity index (χ1n) is 8.99. The van der Waals surface area contributed by atoms with Crippen LogP contribution in [-0.2, 0) is 20.7 Å². The summed E-state index contributed by atoms with van der Waals surface area (Å²) >= 11 is 0. The number of esters is 1. The van der Waals surface area contributed by atoms with Crippen LogP contribution < -0.4 is 10.2 Å². The molecular formula is C20H28N2O4. The number of amides is 1. The third kappa shape index (κ3) is 4.62. The van der Waals surface area contributed by atoms with Gasteiger partial charge in [0.15, 0.2) is 5.60 Å². The number of rotatable bonds is 8. The second-order valence-corrected chi connectivity index (χ2v) is 7.45. The minimum absolute atomic E-state index is 0.0433. The fraction of sp³-hybridized carbons (Fsp3) is 0.550. The summed E-state index contributed by atoms with van der Waals surface area (Å²) in [6, 6.07) is 7.69. The molecule has 0 aromatic heterocycles. The van der Waals surface area contributed by atoms with Gasteiger partial charge in [-0.15, -0.1) is 0 Å². The van der Waals surface area contributed by atoms with Crippen molar-refractivity contribution in [2.45, 2.75) is 59.5 Å². The van der Waals surface area contributed by atoms with E-state index in [0.717, 1.165) is 25.0 Å². The molecule has 0 fully saturated rings. The van der Waals surface area contributed by atoms with Crippen molar-refractivity contribution in [3.05, 3.63) is 29.8 Å². The van der Waals surface area contributed by atoms with Crippen LogP contribution in [0.25, 0.3) is 0 Å². The lowest BCUT2D eigenvalue weighted by Gasteiger charge is -2.24. The predicted molar refractivity (Wildman–Crippen MR) is 100 cm³/mol. The zero-order chi connectivity index (χ0) is 19.4. The van der Waals surface area contributed by atoms with Crippen LogP contribution in [0.3, 0.4) is 0 Å². The van der Waals surface area contributed by atoms with Gasteiger partial charge in [-0.1, -0.05) is 12.1 Å². The van der Waals surface area contributed by atoms with Gasteiger partial charge >= 0.3 is 5.97 Å². The minimum atomic E-state index is -1.02. The molecule has 0 bridgehead atoms. The van der Waals surface area contributed by atoms with Crippen LogP contribution in [0.5, 0.6) is 5.75 Å². The van der Waals surface area contributed by atoms with E-state index in [0.29, 0.717) is 12.4 Å². The Morgan fingerprint density at radius 1 is 1.19 bits per heavy atom. The van der Waals surface area contributed by atoms with E-state index in [1.165, 1.54) is 5.56 Å². The summed E-state index contributed by atoms with van der Waals surface area (Å²) in [6.07, 6.45) is 2.57. The summed E-state index contributed by atoms with van der Waals surface area (Å²) in [4.78, 5) is 23.6. The zero-order valence-corrected chi connectivity index (χ0v) is 16.2. The molecule has 1 N–H and O–H groups in total. The van der Waals surface area contributed by atoms with Crippen LogP contribution in [0.15, 0.2) is 29.4 Å². The number of hydrazone groups is 1. The fourth-order valence-corrected chi connectivity index (χ4v) is 2.72. The maximum Gasteiger partial charge on any atom is 0.349 e. The third-order valence-corrected chi connectivity index (χ3v) is 4.52. The van der Waals surface area contributed by atoms with Gasteiger partial charge in [-0.25, -0.2) is 10.2 Å². The standard InChI is InChI=1S/C20H28N2O4/c1-6-25-18(24)20(4,5)26-15-12-10-14(11-13-15)8-7-9-16-19(2,3)17(23)22-21-16/h10-13H,6-9H2,1-5H3,(H,22,23). The van der Waals surface area contributed by atoms with Gasteiger partial charge in [0, 0.05) is 0 Å². The van der Waals surface area contributed by atoms with E-state index in [2.05, 4.69) is 10.5 Å². The number of nitrogens with zero attached hydrogens (tertiary/aromatic N) is 1. The van der Waals surface area contributed by atoms with E-state index in [4.69, 9.17) is 9.47 Å². The first-order chi connectivity index (χ1) is 12.2. The van der Waals surface area contributed by atoms with E-state index in [1.54, 1.807) is 20.8 Å². The highest BCUT2D eigenvalue weighted by Crippen LogP contribution is 2.26. The maximum absolute atomic E-state index is 11.9. The van der Waals surface area contributed by atoms with Crippen LogP contribution in [0.2, 0.25) is 0 Å². The van der Waals surface area contributed by atoms with Crippen molar-refractivity contribution < 1.29 is 19.1 Å². The summed E-state index contributed by atoms with van der Waals surface area (Å²) in [5, 5.41) is 4.14. The number of aryl methyl sites for hydroxylation is 1. The Labute approximate surface area is 155 Å². The maximum atomic E-state index is 11.9. The SMILES string of the molecule is CCOC(=O)C(C)(C)Oc1ccc(CCCC2=NNC(=O)C2(C)C)cc1. The van der Waals surface area contributed by atoms with Crippen LogP contribution in [0.1, 0.15) is 53.0 Å². The lowest BCUT2D eigenvalue weighted by molar-refractivity contribution is -0.158. The summed E-state index contributed by atoms with van der Waals surface area (Å²) < 4.78 is 10.8. The van der Waals surface area contributed by atoms with Crippen LogP contribution >= 0.6 is 0 Å². The molecule has 1 aliphatic rings. The number of hydrogen-bond donors (Lipinski definition) is 1. The van der Waals surface area contributed by atoms with Gasteiger partial charge in [0.25, 0.3) is 5.91 Å². The topological polar surface area (TPSA) is 77.0 Å². The molecule has 0 unspecified atom stereocenters. The van der Waals surface area contributed by atoms with Gasteiger partial charge < -0.3 is 9.47 Å². The van der Waals surface area contributed by atoms with E-state index < -0.39 is 11.0 Å². The highest BCUT2D eigenvalue weighted by atomic mass is 16.6. The zero-order valence-electron chi connectivity index (χ0n) is 16.2. The molecule has 142 valence electrons. The number of hydrogen-bond acceptors (Lipinski definition) is 5.